The fourth-order valence-corrected chi connectivity index (χ4v) is 2.77. The van der Waals surface area contributed by atoms with Gasteiger partial charge in [0.25, 0.3) is 5.95 Å². The van der Waals surface area contributed by atoms with Gasteiger partial charge in [0.05, 0.1) is 24.0 Å². The van der Waals surface area contributed by atoms with Gasteiger partial charge in [-0.25, -0.2) is 19.6 Å². The van der Waals surface area contributed by atoms with E-state index in [4.69, 9.17) is 5.73 Å². The van der Waals surface area contributed by atoms with Crippen molar-refractivity contribution in [3.05, 3.63) is 52.7 Å². The molecule has 134 valence electrons. The monoisotopic (exact) mass is 351 g/mol. The van der Waals surface area contributed by atoms with E-state index in [-0.39, 0.29) is 12.3 Å². The molecular formula is C18H21N7O. The third-order valence-electron chi connectivity index (χ3n) is 4.01. The lowest BCUT2D eigenvalue weighted by Crippen LogP contribution is -2.15. The summed E-state index contributed by atoms with van der Waals surface area (Å²) >= 11 is 0. The first-order valence-corrected chi connectivity index (χ1v) is 8.22. The maximum atomic E-state index is 12.4. The van der Waals surface area contributed by atoms with Crippen LogP contribution in [0.1, 0.15) is 28.3 Å². The zero-order valence-corrected chi connectivity index (χ0v) is 15.2. The molecule has 0 spiro atoms. The molecule has 3 rings (SSSR count). The van der Waals surface area contributed by atoms with E-state index in [1.165, 1.54) is 6.20 Å². The van der Waals surface area contributed by atoms with Gasteiger partial charge in [-0.3, -0.25) is 4.79 Å². The van der Waals surface area contributed by atoms with Crippen molar-refractivity contribution in [3.63, 3.8) is 0 Å². The van der Waals surface area contributed by atoms with Gasteiger partial charge in [-0.15, -0.1) is 0 Å². The summed E-state index contributed by atoms with van der Waals surface area (Å²) in [5.41, 5.74) is 10.4. The van der Waals surface area contributed by atoms with Crippen LogP contribution in [0.25, 0.3) is 5.95 Å². The molecule has 0 saturated heterocycles. The molecule has 0 aromatic carbocycles. The number of aryl methyl sites for hydroxylation is 3. The van der Waals surface area contributed by atoms with Gasteiger partial charge in [0.1, 0.15) is 5.82 Å². The fraction of sp³-hybridized carbons (Fsp3) is 0.278. The number of hydrogen-bond acceptors (Lipinski definition) is 6. The van der Waals surface area contributed by atoms with E-state index in [2.05, 4.69) is 25.4 Å². The highest BCUT2D eigenvalue weighted by atomic mass is 16.1. The Morgan fingerprint density at radius 2 is 1.85 bits per heavy atom. The Hall–Kier alpha value is -3.29. The molecule has 0 fully saturated rings. The smallest absolute Gasteiger partial charge is 0.251 e. The zero-order valence-electron chi connectivity index (χ0n) is 15.2. The van der Waals surface area contributed by atoms with Gasteiger partial charge in [0, 0.05) is 22.6 Å². The van der Waals surface area contributed by atoms with Crippen molar-refractivity contribution in [1.29, 1.82) is 0 Å². The molecule has 0 aliphatic heterocycles. The molecule has 0 bridgehead atoms. The average molecular weight is 351 g/mol. The van der Waals surface area contributed by atoms with Crippen LogP contribution in [0.4, 0.5) is 11.5 Å². The number of amides is 1. The first kappa shape index (κ1) is 17.5. The summed E-state index contributed by atoms with van der Waals surface area (Å²) in [6.45, 7) is 7.62. The van der Waals surface area contributed by atoms with Gasteiger partial charge < -0.3 is 11.1 Å². The number of aromatic nitrogens is 5. The lowest BCUT2D eigenvalue weighted by atomic mass is 10.1. The predicted molar refractivity (Wildman–Crippen MR) is 99.1 cm³/mol. The van der Waals surface area contributed by atoms with Crippen LogP contribution in [-0.2, 0) is 11.2 Å². The third kappa shape index (κ3) is 3.69. The van der Waals surface area contributed by atoms with Gasteiger partial charge >= 0.3 is 0 Å². The van der Waals surface area contributed by atoms with Crippen LogP contribution in [-0.4, -0.2) is 30.6 Å². The van der Waals surface area contributed by atoms with Crippen molar-refractivity contribution >= 4 is 17.4 Å². The second-order valence-electron chi connectivity index (χ2n) is 6.21. The van der Waals surface area contributed by atoms with Crippen LogP contribution in [0.3, 0.4) is 0 Å². The van der Waals surface area contributed by atoms with E-state index in [1.807, 2.05) is 33.8 Å². The quantitative estimate of drug-likeness (QED) is 0.744. The van der Waals surface area contributed by atoms with Crippen molar-refractivity contribution in [2.75, 3.05) is 11.1 Å². The molecule has 8 nitrogen and oxygen atoms in total. The molecule has 0 atom stereocenters. The van der Waals surface area contributed by atoms with Gasteiger partial charge in [0.2, 0.25) is 5.91 Å². The topological polar surface area (TPSA) is 112 Å². The van der Waals surface area contributed by atoms with E-state index >= 15 is 0 Å². The van der Waals surface area contributed by atoms with Gasteiger partial charge in [-0.1, -0.05) is 0 Å². The summed E-state index contributed by atoms with van der Waals surface area (Å²) in [6, 6.07) is 5.26. The molecule has 3 N–H and O–H groups in total. The highest BCUT2D eigenvalue weighted by Gasteiger charge is 2.17. The number of rotatable bonds is 4. The number of anilines is 2. The van der Waals surface area contributed by atoms with Gasteiger partial charge in [-0.2, -0.15) is 5.10 Å². The normalized spacial score (nSPS) is 10.8. The number of nitrogens with zero attached hydrogens (tertiary/aromatic N) is 5. The Labute approximate surface area is 151 Å². The molecule has 1 amide bonds. The van der Waals surface area contributed by atoms with E-state index in [1.54, 1.807) is 16.8 Å². The molecule has 0 aliphatic rings. The number of nitrogens with two attached hydrogens (primary N) is 1. The first-order valence-electron chi connectivity index (χ1n) is 8.22. The molecule has 3 aromatic heterocycles. The van der Waals surface area contributed by atoms with Crippen LogP contribution < -0.4 is 11.1 Å². The van der Waals surface area contributed by atoms with Crippen LogP contribution >= 0.6 is 0 Å². The molecule has 3 aromatic rings. The van der Waals surface area contributed by atoms with E-state index in [9.17, 15) is 4.79 Å². The minimum absolute atomic E-state index is 0.149. The zero-order chi connectivity index (χ0) is 18.8. The Morgan fingerprint density at radius 3 is 2.46 bits per heavy atom. The van der Waals surface area contributed by atoms with Crippen molar-refractivity contribution < 1.29 is 4.79 Å². The molecule has 8 heteroatoms. The van der Waals surface area contributed by atoms with Crippen LogP contribution in [0.15, 0.2) is 24.4 Å². The van der Waals surface area contributed by atoms with Crippen molar-refractivity contribution in [3.8, 4) is 5.95 Å². The average Bonchev–Trinajstić information content (AvgIpc) is 2.84. The Kier molecular flexibility index (Phi) is 4.66. The predicted octanol–water partition coefficient (Wildman–Crippen LogP) is 2.05. The summed E-state index contributed by atoms with van der Waals surface area (Å²) < 4.78 is 1.68. The number of hydrogen-bond donors (Lipinski definition) is 2. The second kappa shape index (κ2) is 6.91. The molecule has 0 radical (unpaired) electrons. The van der Waals surface area contributed by atoms with E-state index in [0.29, 0.717) is 17.5 Å². The number of carbonyl (C=O) groups is 1. The fourth-order valence-electron chi connectivity index (χ4n) is 2.77. The number of carbonyl (C=O) groups excluding carboxylic acids is 1. The van der Waals surface area contributed by atoms with Crippen LogP contribution in [0.5, 0.6) is 0 Å². The molecule has 0 aliphatic carbocycles. The van der Waals surface area contributed by atoms with Crippen molar-refractivity contribution in [2.24, 2.45) is 0 Å². The van der Waals surface area contributed by atoms with Crippen molar-refractivity contribution in [1.82, 2.24) is 24.7 Å². The number of nitrogens with one attached hydrogen (secondary N) is 1. The number of pyridine rings is 1. The molecule has 26 heavy (non-hydrogen) atoms. The third-order valence-corrected chi connectivity index (χ3v) is 4.01. The Morgan fingerprint density at radius 1 is 1.15 bits per heavy atom. The molecule has 3 heterocycles. The summed E-state index contributed by atoms with van der Waals surface area (Å²) in [7, 11) is 0. The second-order valence-corrected chi connectivity index (χ2v) is 6.21. The van der Waals surface area contributed by atoms with E-state index < -0.39 is 0 Å². The van der Waals surface area contributed by atoms with Crippen LogP contribution in [0.2, 0.25) is 0 Å². The largest absolute Gasteiger partial charge is 0.384 e. The molecule has 0 saturated carbocycles. The minimum atomic E-state index is -0.149. The highest BCUT2D eigenvalue weighted by Crippen LogP contribution is 2.18. The Balaban J connectivity index is 1.83. The summed E-state index contributed by atoms with van der Waals surface area (Å²) in [5, 5.41) is 7.33. The summed E-state index contributed by atoms with van der Waals surface area (Å²) in [6.07, 6.45) is 1.73. The SMILES string of the molecule is Cc1cc(C)nc(-n2nc(C)c(CC(=O)Nc3ccc(N)nc3)c2C)n1. The lowest BCUT2D eigenvalue weighted by molar-refractivity contribution is -0.115. The molecule has 0 unspecified atom stereocenters. The van der Waals surface area contributed by atoms with E-state index in [0.717, 1.165) is 28.3 Å². The lowest BCUT2D eigenvalue weighted by Gasteiger charge is -2.07. The Bertz CT molecular complexity index is 940. The maximum Gasteiger partial charge on any atom is 0.251 e. The van der Waals surface area contributed by atoms with Crippen LogP contribution in [0, 0.1) is 27.7 Å². The standard InChI is InChI=1S/C18H21N7O/c1-10-7-11(2)22-18(21-10)25-13(4)15(12(3)24-25)8-17(26)23-14-5-6-16(19)20-9-14/h5-7,9H,8H2,1-4H3,(H2,19,20)(H,23,26). The number of nitrogen functional groups attached to an aromatic ring is 1. The minimum Gasteiger partial charge on any atom is -0.384 e. The summed E-state index contributed by atoms with van der Waals surface area (Å²) in [4.78, 5) is 25.2. The maximum absolute atomic E-state index is 12.4. The highest BCUT2D eigenvalue weighted by molar-refractivity contribution is 5.92. The van der Waals surface area contributed by atoms with Gasteiger partial charge in [0.15, 0.2) is 0 Å². The molecular weight excluding hydrogens is 330 g/mol. The first-order chi connectivity index (χ1) is 12.3. The van der Waals surface area contributed by atoms with Crippen molar-refractivity contribution in [2.45, 2.75) is 34.1 Å². The van der Waals surface area contributed by atoms with Gasteiger partial charge in [-0.05, 0) is 45.9 Å². The summed E-state index contributed by atoms with van der Waals surface area (Å²) in [5.74, 6) is 0.769.